The maximum Gasteiger partial charge on any atom is 0.410 e. The summed E-state index contributed by atoms with van der Waals surface area (Å²) in [6.07, 6.45) is 4.84. The van der Waals surface area contributed by atoms with E-state index in [1.807, 2.05) is 31.9 Å². The van der Waals surface area contributed by atoms with E-state index in [2.05, 4.69) is 28.1 Å². The van der Waals surface area contributed by atoms with Crippen LogP contribution in [0.4, 0.5) is 4.79 Å². The SMILES string of the molecule is CCCn1nccc1CNCC1CCN(C(=O)OC(C)(C)C)CC1. The molecule has 1 aromatic rings. The van der Waals surface area contributed by atoms with Crippen LogP contribution in [0, 0.1) is 5.92 Å². The average Bonchev–Trinajstić information content (AvgIpc) is 2.94. The van der Waals surface area contributed by atoms with Gasteiger partial charge < -0.3 is 15.0 Å². The number of aromatic nitrogens is 2. The fourth-order valence-corrected chi connectivity index (χ4v) is 2.97. The van der Waals surface area contributed by atoms with E-state index in [1.54, 1.807) is 0 Å². The molecule has 0 aliphatic carbocycles. The zero-order chi connectivity index (χ0) is 17.6. The lowest BCUT2D eigenvalue weighted by atomic mass is 9.97. The molecule has 1 aromatic heterocycles. The van der Waals surface area contributed by atoms with Gasteiger partial charge in [-0.1, -0.05) is 6.92 Å². The number of rotatable bonds is 6. The van der Waals surface area contributed by atoms with Crippen molar-refractivity contribution in [3.8, 4) is 0 Å². The van der Waals surface area contributed by atoms with Crippen LogP contribution in [0.15, 0.2) is 12.3 Å². The van der Waals surface area contributed by atoms with Crippen LogP contribution < -0.4 is 5.32 Å². The number of carbonyl (C=O) groups excluding carboxylic acids is 1. The van der Waals surface area contributed by atoms with Crippen LogP contribution in [0.5, 0.6) is 0 Å². The molecular formula is C18H32N4O2. The van der Waals surface area contributed by atoms with E-state index in [0.29, 0.717) is 5.92 Å². The van der Waals surface area contributed by atoms with Gasteiger partial charge in [0.15, 0.2) is 0 Å². The minimum Gasteiger partial charge on any atom is -0.444 e. The summed E-state index contributed by atoms with van der Waals surface area (Å²) >= 11 is 0. The molecule has 0 spiro atoms. The topological polar surface area (TPSA) is 59.4 Å². The summed E-state index contributed by atoms with van der Waals surface area (Å²) in [6, 6.07) is 2.08. The highest BCUT2D eigenvalue weighted by molar-refractivity contribution is 5.68. The summed E-state index contributed by atoms with van der Waals surface area (Å²) in [5.74, 6) is 0.617. The van der Waals surface area contributed by atoms with Crippen LogP contribution in [-0.2, 0) is 17.8 Å². The number of piperidine rings is 1. The molecule has 2 rings (SSSR count). The van der Waals surface area contributed by atoms with Gasteiger partial charge in [-0.15, -0.1) is 0 Å². The van der Waals surface area contributed by atoms with E-state index in [9.17, 15) is 4.79 Å². The first kappa shape index (κ1) is 18.8. The first-order valence-corrected chi connectivity index (χ1v) is 9.08. The van der Waals surface area contributed by atoms with E-state index >= 15 is 0 Å². The summed E-state index contributed by atoms with van der Waals surface area (Å²) in [6.45, 7) is 12.3. The van der Waals surface area contributed by atoms with E-state index in [4.69, 9.17) is 4.74 Å². The predicted octanol–water partition coefficient (Wildman–Crippen LogP) is 3.03. The van der Waals surface area contributed by atoms with Crippen molar-refractivity contribution in [1.82, 2.24) is 20.0 Å². The molecular weight excluding hydrogens is 304 g/mol. The predicted molar refractivity (Wildman–Crippen MR) is 94.8 cm³/mol. The van der Waals surface area contributed by atoms with Gasteiger partial charge in [0, 0.05) is 32.4 Å². The Kier molecular flexibility index (Phi) is 6.66. The van der Waals surface area contributed by atoms with E-state index in [-0.39, 0.29) is 6.09 Å². The van der Waals surface area contributed by atoms with Gasteiger partial charge >= 0.3 is 6.09 Å². The smallest absolute Gasteiger partial charge is 0.410 e. The number of amides is 1. The molecule has 0 aromatic carbocycles. The average molecular weight is 336 g/mol. The second-order valence-electron chi connectivity index (χ2n) is 7.59. The van der Waals surface area contributed by atoms with Crippen molar-refractivity contribution in [2.45, 2.75) is 65.6 Å². The normalized spacial score (nSPS) is 16.4. The Morgan fingerprint density at radius 2 is 2.08 bits per heavy atom. The maximum absolute atomic E-state index is 12.1. The highest BCUT2D eigenvalue weighted by Crippen LogP contribution is 2.19. The summed E-state index contributed by atoms with van der Waals surface area (Å²) in [5.41, 5.74) is 0.819. The quantitative estimate of drug-likeness (QED) is 0.867. The third-order valence-corrected chi connectivity index (χ3v) is 4.25. The van der Waals surface area contributed by atoms with Gasteiger partial charge in [-0.25, -0.2) is 4.79 Å². The minimum absolute atomic E-state index is 0.183. The Morgan fingerprint density at radius 1 is 1.38 bits per heavy atom. The van der Waals surface area contributed by atoms with Crippen molar-refractivity contribution in [2.75, 3.05) is 19.6 Å². The van der Waals surface area contributed by atoms with E-state index < -0.39 is 5.60 Å². The molecule has 1 amide bonds. The first-order chi connectivity index (χ1) is 11.4. The Hall–Kier alpha value is -1.56. The zero-order valence-electron chi connectivity index (χ0n) is 15.5. The molecule has 0 bridgehead atoms. The van der Waals surface area contributed by atoms with Gasteiger partial charge in [0.25, 0.3) is 0 Å². The van der Waals surface area contributed by atoms with Gasteiger partial charge in [-0.05, 0) is 58.6 Å². The molecule has 1 aliphatic heterocycles. The summed E-state index contributed by atoms with van der Waals surface area (Å²) in [4.78, 5) is 13.9. The summed E-state index contributed by atoms with van der Waals surface area (Å²) < 4.78 is 7.51. The standard InChI is InChI=1S/C18H32N4O2/c1-5-10-22-16(6-9-20-22)14-19-13-15-7-11-21(12-8-15)17(23)24-18(2,3)4/h6,9,15,19H,5,7-8,10-14H2,1-4H3. The lowest BCUT2D eigenvalue weighted by molar-refractivity contribution is 0.0184. The summed E-state index contributed by atoms with van der Waals surface area (Å²) in [7, 11) is 0. The van der Waals surface area contributed by atoms with E-state index in [1.165, 1.54) is 5.69 Å². The summed E-state index contributed by atoms with van der Waals surface area (Å²) in [5, 5.41) is 7.89. The first-order valence-electron chi connectivity index (χ1n) is 9.08. The maximum atomic E-state index is 12.1. The molecule has 2 heterocycles. The molecule has 136 valence electrons. The highest BCUT2D eigenvalue weighted by atomic mass is 16.6. The number of ether oxygens (including phenoxy) is 1. The second kappa shape index (κ2) is 8.51. The molecule has 1 aliphatic rings. The Bertz CT molecular complexity index is 513. The monoisotopic (exact) mass is 336 g/mol. The Morgan fingerprint density at radius 3 is 2.71 bits per heavy atom. The number of nitrogens with zero attached hydrogens (tertiary/aromatic N) is 3. The second-order valence-corrected chi connectivity index (χ2v) is 7.59. The fraction of sp³-hybridized carbons (Fsp3) is 0.778. The highest BCUT2D eigenvalue weighted by Gasteiger charge is 2.26. The van der Waals surface area contributed by atoms with Crippen LogP contribution in [0.2, 0.25) is 0 Å². The lowest BCUT2D eigenvalue weighted by Gasteiger charge is -2.33. The third kappa shape index (κ3) is 5.82. The molecule has 6 nitrogen and oxygen atoms in total. The van der Waals surface area contributed by atoms with Crippen molar-refractivity contribution in [3.63, 3.8) is 0 Å². The fourth-order valence-electron chi connectivity index (χ4n) is 2.97. The van der Waals surface area contributed by atoms with Crippen LogP contribution in [-0.4, -0.2) is 46.0 Å². The minimum atomic E-state index is -0.420. The van der Waals surface area contributed by atoms with E-state index in [0.717, 1.165) is 52.0 Å². The van der Waals surface area contributed by atoms with Crippen LogP contribution in [0.25, 0.3) is 0 Å². The number of hydrogen-bond donors (Lipinski definition) is 1. The van der Waals surface area contributed by atoms with Crippen molar-refractivity contribution in [3.05, 3.63) is 18.0 Å². The van der Waals surface area contributed by atoms with Crippen molar-refractivity contribution < 1.29 is 9.53 Å². The van der Waals surface area contributed by atoms with Crippen LogP contribution in [0.1, 0.15) is 52.7 Å². The molecule has 24 heavy (non-hydrogen) atoms. The lowest BCUT2D eigenvalue weighted by Crippen LogP contribution is -2.43. The number of aryl methyl sites for hydroxylation is 1. The molecule has 6 heteroatoms. The van der Waals surface area contributed by atoms with Crippen LogP contribution in [0.3, 0.4) is 0 Å². The van der Waals surface area contributed by atoms with Crippen molar-refractivity contribution >= 4 is 6.09 Å². The number of carbonyl (C=O) groups is 1. The Balaban J connectivity index is 1.68. The molecule has 1 fully saturated rings. The van der Waals surface area contributed by atoms with Crippen molar-refractivity contribution in [2.24, 2.45) is 5.92 Å². The largest absolute Gasteiger partial charge is 0.444 e. The molecule has 0 atom stereocenters. The Labute approximate surface area is 145 Å². The van der Waals surface area contributed by atoms with Crippen LogP contribution >= 0.6 is 0 Å². The molecule has 0 saturated carbocycles. The zero-order valence-corrected chi connectivity index (χ0v) is 15.5. The number of likely N-dealkylation sites (tertiary alicyclic amines) is 1. The van der Waals surface area contributed by atoms with Gasteiger partial charge in [-0.2, -0.15) is 5.10 Å². The molecule has 0 radical (unpaired) electrons. The van der Waals surface area contributed by atoms with Gasteiger partial charge in [0.2, 0.25) is 0 Å². The van der Waals surface area contributed by atoms with Gasteiger partial charge in [0.05, 0.1) is 5.69 Å². The number of nitrogens with one attached hydrogen (secondary N) is 1. The third-order valence-electron chi connectivity index (χ3n) is 4.25. The van der Waals surface area contributed by atoms with Gasteiger partial charge in [0.1, 0.15) is 5.60 Å². The molecule has 0 unspecified atom stereocenters. The molecule has 1 N–H and O–H groups in total. The van der Waals surface area contributed by atoms with Gasteiger partial charge in [-0.3, -0.25) is 4.68 Å². The molecule has 1 saturated heterocycles. The van der Waals surface area contributed by atoms with Crippen molar-refractivity contribution in [1.29, 1.82) is 0 Å². The number of hydrogen-bond acceptors (Lipinski definition) is 4.